The third kappa shape index (κ3) is 3.03. The van der Waals surface area contributed by atoms with Crippen molar-refractivity contribution in [1.82, 2.24) is 5.32 Å². The predicted octanol–water partition coefficient (Wildman–Crippen LogP) is 5.21. The van der Waals surface area contributed by atoms with Crippen molar-refractivity contribution >= 4 is 15.9 Å². The summed E-state index contributed by atoms with van der Waals surface area (Å²) in [6, 6.07) is 5.41. The average Bonchev–Trinajstić information content (AvgIpc) is 2.89. The highest BCUT2D eigenvalue weighted by Gasteiger charge is 2.41. The van der Waals surface area contributed by atoms with Crippen LogP contribution in [0.25, 0.3) is 0 Å². The molecule has 0 amide bonds. The van der Waals surface area contributed by atoms with Crippen molar-refractivity contribution in [2.24, 2.45) is 5.41 Å². The normalized spacial score (nSPS) is 19.6. The number of nitrogens with one attached hydrogen (secondary N) is 1. The SMILES string of the molecule is CCNC(c1cc(Br)ccc1F)C1(CC)CCCC1. The number of hydrogen-bond donors (Lipinski definition) is 1. The molecule has 1 atom stereocenters. The summed E-state index contributed by atoms with van der Waals surface area (Å²) in [4.78, 5) is 0. The number of halogens is 2. The highest BCUT2D eigenvalue weighted by atomic mass is 79.9. The molecule has 0 saturated heterocycles. The Labute approximate surface area is 124 Å². The van der Waals surface area contributed by atoms with Crippen LogP contribution in [0.4, 0.5) is 4.39 Å². The van der Waals surface area contributed by atoms with Crippen LogP contribution < -0.4 is 5.32 Å². The maximum atomic E-state index is 14.2. The number of hydrogen-bond acceptors (Lipinski definition) is 1. The molecule has 0 aliphatic heterocycles. The Morgan fingerprint density at radius 3 is 2.58 bits per heavy atom. The highest BCUT2D eigenvalue weighted by Crippen LogP contribution is 2.50. The second-order valence-electron chi connectivity index (χ2n) is 5.58. The lowest BCUT2D eigenvalue weighted by atomic mass is 9.73. The van der Waals surface area contributed by atoms with Crippen LogP contribution in [0, 0.1) is 11.2 Å². The van der Waals surface area contributed by atoms with Crippen molar-refractivity contribution in [3.05, 3.63) is 34.1 Å². The van der Waals surface area contributed by atoms with Gasteiger partial charge in [0, 0.05) is 16.1 Å². The zero-order valence-corrected chi connectivity index (χ0v) is 13.4. The Bertz CT molecular complexity index is 427. The molecule has 1 aliphatic carbocycles. The summed E-state index contributed by atoms with van der Waals surface area (Å²) < 4.78 is 15.2. The topological polar surface area (TPSA) is 12.0 Å². The fourth-order valence-corrected chi connectivity index (χ4v) is 3.90. The second-order valence-corrected chi connectivity index (χ2v) is 6.50. The zero-order valence-electron chi connectivity index (χ0n) is 11.8. The Morgan fingerprint density at radius 1 is 1.32 bits per heavy atom. The van der Waals surface area contributed by atoms with Crippen LogP contribution in [0.15, 0.2) is 22.7 Å². The molecule has 0 heterocycles. The van der Waals surface area contributed by atoms with Crippen molar-refractivity contribution in [2.75, 3.05) is 6.54 Å². The Morgan fingerprint density at radius 2 is 2.00 bits per heavy atom. The van der Waals surface area contributed by atoms with Crippen LogP contribution in [0.2, 0.25) is 0 Å². The average molecular weight is 328 g/mol. The summed E-state index contributed by atoms with van der Waals surface area (Å²) in [5.74, 6) is -0.0890. The fraction of sp³-hybridized carbons (Fsp3) is 0.625. The van der Waals surface area contributed by atoms with E-state index in [9.17, 15) is 4.39 Å². The first-order valence-corrected chi connectivity index (χ1v) is 8.10. The van der Waals surface area contributed by atoms with Crippen molar-refractivity contribution in [1.29, 1.82) is 0 Å². The summed E-state index contributed by atoms with van der Waals surface area (Å²) in [7, 11) is 0. The van der Waals surface area contributed by atoms with E-state index in [1.165, 1.54) is 25.7 Å². The number of rotatable bonds is 5. The fourth-order valence-electron chi connectivity index (χ4n) is 3.52. The van der Waals surface area contributed by atoms with Gasteiger partial charge in [-0.15, -0.1) is 0 Å². The minimum absolute atomic E-state index is 0.0890. The van der Waals surface area contributed by atoms with E-state index in [4.69, 9.17) is 0 Å². The van der Waals surface area contributed by atoms with E-state index >= 15 is 0 Å². The Hall–Kier alpha value is -0.410. The van der Waals surface area contributed by atoms with Gasteiger partial charge in [0.05, 0.1) is 0 Å². The molecule has 1 unspecified atom stereocenters. The van der Waals surface area contributed by atoms with Gasteiger partial charge in [0.15, 0.2) is 0 Å². The first-order valence-electron chi connectivity index (χ1n) is 7.31. The molecular formula is C16H23BrFN. The molecule has 1 aromatic rings. The molecule has 1 aromatic carbocycles. The lowest BCUT2D eigenvalue weighted by molar-refractivity contribution is 0.185. The molecular weight excluding hydrogens is 305 g/mol. The molecule has 19 heavy (non-hydrogen) atoms. The van der Waals surface area contributed by atoms with E-state index in [1.54, 1.807) is 12.1 Å². The van der Waals surface area contributed by atoms with E-state index in [2.05, 4.69) is 35.1 Å². The summed E-state index contributed by atoms with van der Waals surface area (Å²) in [6.07, 6.45) is 6.05. The Kier molecular flexibility index (Phi) is 5.02. The molecule has 1 nitrogen and oxygen atoms in total. The van der Waals surface area contributed by atoms with E-state index < -0.39 is 0 Å². The maximum absolute atomic E-state index is 14.2. The Balaban J connectivity index is 2.41. The minimum atomic E-state index is -0.0890. The first-order chi connectivity index (χ1) is 9.13. The molecule has 0 radical (unpaired) electrons. The van der Waals surface area contributed by atoms with Gasteiger partial charge < -0.3 is 5.32 Å². The third-order valence-corrected chi connectivity index (χ3v) is 5.09. The zero-order chi connectivity index (χ0) is 13.9. The maximum Gasteiger partial charge on any atom is 0.128 e. The first kappa shape index (κ1) is 15.0. The standard InChI is InChI=1S/C16H23BrFN/c1-3-16(9-5-6-10-16)15(19-4-2)13-11-12(17)7-8-14(13)18/h7-8,11,15,19H,3-6,9-10H2,1-2H3. The van der Waals surface area contributed by atoms with E-state index in [0.29, 0.717) is 0 Å². The van der Waals surface area contributed by atoms with Crippen LogP contribution in [0.3, 0.4) is 0 Å². The largest absolute Gasteiger partial charge is 0.310 e. The molecule has 0 spiro atoms. The van der Waals surface area contributed by atoms with Crippen LogP contribution in [0.1, 0.15) is 57.6 Å². The summed E-state index contributed by atoms with van der Waals surface area (Å²) >= 11 is 3.47. The summed E-state index contributed by atoms with van der Waals surface area (Å²) in [5.41, 5.74) is 1.04. The quantitative estimate of drug-likeness (QED) is 0.782. The van der Waals surface area contributed by atoms with Gasteiger partial charge in [0.25, 0.3) is 0 Å². The molecule has 1 saturated carbocycles. The summed E-state index contributed by atoms with van der Waals surface area (Å²) in [5, 5.41) is 3.54. The molecule has 0 aromatic heterocycles. The van der Waals surface area contributed by atoms with Crippen LogP contribution in [0.5, 0.6) is 0 Å². The van der Waals surface area contributed by atoms with Gasteiger partial charge >= 0.3 is 0 Å². The molecule has 1 aliphatic rings. The molecule has 2 rings (SSSR count). The van der Waals surface area contributed by atoms with E-state index in [0.717, 1.165) is 23.0 Å². The smallest absolute Gasteiger partial charge is 0.128 e. The lowest BCUT2D eigenvalue weighted by Gasteiger charge is -2.38. The van der Waals surface area contributed by atoms with Gasteiger partial charge in [-0.25, -0.2) is 4.39 Å². The highest BCUT2D eigenvalue weighted by molar-refractivity contribution is 9.10. The second kappa shape index (κ2) is 6.36. The van der Waals surface area contributed by atoms with Crippen molar-refractivity contribution in [2.45, 2.75) is 52.0 Å². The van der Waals surface area contributed by atoms with Crippen molar-refractivity contribution in [3.63, 3.8) is 0 Å². The van der Waals surface area contributed by atoms with Crippen molar-refractivity contribution < 1.29 is 4.39 Å². The van der Waals surface area contributed by atoms with Crippen molar-refractivity contribution in [3.8, 4) is 0 Å². The van der Waals surface area contributed by atoms with E-state index in [1.807, 2.05) is 6.07 Å². The van der Waals surface area contributed by atoms with Crippen LogP contribution in [-0.4, -0.2) is 6.54 Å². The molecule has 106 valence electrons. The molecule has 1 fully saturated rings. The van der Waals surface area contributed by atoms with Crippen LogP contribution >= 0.6 is 15.9 Å². The summed E-state index contributed by atoms with van der Waals surface area (Å²) in [6.45, 7) is 5.21. The lowest BCUT2D eigenvalue weighted by Crippen LogP contribution is -2.36. The van der Waals surface area contributed by atoms with Gasteiger partial charge in [-0.1, -0.05) is 42.6 Å². The van der Waals surface area contributed by atoms with Gasteiger partial charge in [-0.05, 0) is 49.4 Å². The predicted molar refractivity (Wildman–Crippen MR) is 81.7 cm³/mol. The van der Waals surface area contributed by atoms with Gasteiger partial charge in [0.1, 0.15) is 5.82 Å². The molecule has 1 N–H and O–H groups in total. The minimum Gasteiger partial charge on any atom is -0.310 e. The molecule has 0 bridgehead atoms. The van der Waals surface area contributed by atoms with Crippen LogP contribution in [-0.2, 0) is 0 Å². The third-order valence-electron chi connectivity index (χ3n) is 4.59. The molecule has 3 heteroatoms. The van der Waals surface area contributed by atoms with Gasteiger partial charge in [-0.2, -0.15) is 0 Å². The van der Waals surface area contributed by atoms with Gasteiger partial charge in [0.2, 0.25) is 0 Å². The monoisotopic (exact) mass is 327 g/mol. The van der Waals surface area contributed by atoms with E-state index in [-0.39, 0.29) is 17.3 Å². The number of benzene rings is 1. The van der Waals surface area contributed by atoms with Gasteiger partial charge in [-0.3, -0.25) is 0 Å².